The topological polar surface area (TPSA) is 212 Å². The first kappa shape index (κ1) is 21.8. The SMILES string of the molecule is Cl.NC(N)=NC(=O)C1=NC(Cl)=CN(N)C1N.O.O. The van der Waals surface area contributed by atoms with Crippen molar-refractivity contribution in [3.8, 4) is 0 Å². The standard InChI is InChI=1S/C6H10ClN7O.ClH.2H2O/c7-2-1-14(11)4(8)3(12-2)5(15)13-6(9)10;;;/h1,4H,8,11H2,(H4,9,10,13,15);1H;2*1H2. The summed E-state index contributed by atoms with van der Waals surface area (Å²) in [6, 6.07) is 0. The predicted octanol–water partition coefficient (Wildman–Crippen LogP) is -3.49. The van der Waals surface area contributed by atoms with E-state index >= 15 is 0 Å². The number of amides is 1. The number of nitrogens with two attached hydrogens (primary N) is 4. The summed E-state index contributed by atoms with van der Waals surface area (Å²) >= 11 is 5.59. The molecule has 1 unspecified atom stereocenters. The Hall–Kier alpha value is -1.43. The van der Waals surface area contributed by atoms with Crippen molar-refractivity contribution in [1.29, 1.82) is 0 Å². The molecule has 1 aliphatic heterocycles. The second-order valence-corrected chi connectivity index (χ2v) is 3.07. The number of hydrogen-bond donors (Lipinski definition) is 4. The van der Waals surface area contributed by atoms with Crippen LogP contribution in [0.3, 0.4) is 0 Å². The van der Waals surface area contributed by atoms with E-state index in [1.165, 1.54) is 6.20 Å². The third kappa shape index (κ3) is 5.27. The van der Waals surface area contributed by atoms with Crippen molar-refractivity contribution in [1.82, 2.24) is 5.01 Å². The molecule has 1 rings (SSSR count). The van der Waals surface area contributed by atoms with Crippen LogP contribution in [0.5, 0.6) is 0 Å². The molecule has 0 aliphatic carbocycles. The number of halogens is 2. The lowest BCUT2D eigenvalue weighted by atomic mass is 10.2. The molecule has 18 heavy (non-hydrogen) atoms. The summed E-state index contributed by atoms with van der Waals surface area (Å²) in [6.45, 7) is 0. The van der Waals surface area contributed by atoms with Crippen LogP contribution in [0.25, 0.3) is 0 Å². The van der Waals surface area contributed by atoms with Gasteiger partial charge >= 0.3 is 0 Å². The molecule has 0 radical (unpaired) electrons. The van der Waals surface area contributed by atoms with Gasteiger partial charge in [-0.05, 0) is 0 Å². The zero-order valence-electron chi connectivity index (χ0n) is 9.00. The number of carbonyl (C=O) groups is 1. The van der Waals surface area contributed by atoms with Crippen molar-refractivity contribution in [3.63, 3.8) is 0 Å². The summed E-state index contributed by atoms with van der Waals surface area (Å²) in [5.74, 6) is 4.27. The first-order valence-electron chi connectivity index (χ1n) is 3.80. The number of guanidine groups is 1. The van der Waals surface area contributed by atoms with Gasteiger partial charge < -0.3 is 28.2 Å². The van der Waals surface area contributed by atoms with Crippen LogP contribution < -0.4 is 23.0 Å². The van der Waals surface area contributed by atoms with Gasteiger partial charge in [0.25, 0.3) is 5.91 Å². The fraction of sp³-hybridized carbons (Fsp3) is 0.167. The molecule has 0 saturated carbocycles. The zero-order chi connectivity index (χ0) is 11.6. The number of hydrazine groups is 1. The highest BCUT2D eigenvalue weighted by molar-refractivity contribution is 6.44. The maximum Gasteiger partial charge on any atom is 0.298 e. The largest absolute Gasteiger partial charge is 0.412 e. The van der Waals surface area contributed by atoms with Gasteiger partial charge in [0.1, 0.15) is 17.0 Å². The molecule has 1 amide bonds. The zero-order valence-corrected chi connectivity index (χ0v) is 10.6. The molecule has 0 saturated heterocycles. The number of rotatable bonds is 1. The van der Waals surface area contributed by atoms with Crippen LogP contribution in [0.4, 0.5) is 0 Å². The van der Waals surface area contributed by atoms with E-state index in [1.54, 1.807) is 0 Å². The second kappa shape index (κ2) is 8.63. The van der Waals surface area contributed by atoms with Crippen molar-refractivity contribution < 1.29 is 15.7 Å². The molecular weight excluding hydrogens is 289 g/mol. The minimum atomic E-state index is -0.928. The van der Waals surface area contributed by atoms with Crippen LogP contribution >= 0.6 is 24.0 Å². The molecule has 0 spiro atoms. The summed E-state index contributed by atoms with van der Waals surface area (Å²) in [5, 5.41) is 1.05. The molecule has 0 fully saturated rings. The summed E-state index contributed by atoms with van der Waals surface area (Å²) in [5.41, 5.74) is 15.5. The molecule has 12 N–H and O–H groups in total. The van der Waals surface area contributed by atoms with Crippen LogP contribution in [0.1, 0.15) is 0 Å². The average molecular weight is 304 g/mol. The van der Waals surface area contributed by atoms with E-state index in [4.69, 9.17) is 34.6 Å². The maximum atomic E-state index is 11.4. The highest BCUT2D eigenvalue weighted by Gasteiger charge is 2.26. The van der Waals surface area contributed by atoms with Crippen molar-refractivity contribution in [2.45, 2.75) is 6.17 Å². The van der Waals surface area contributed by atoms with E-state index in [0.29, 0.717) is 0 Å². The molecule has 1 heterocycles. The Labute approximate surface area is 113 Å². The van der Waals surface area contributed by atoms with Gasteiger partial charge in [0.05, 0.1) is 6.20 Å². The third-order valence-corrected chi connectivity index (χ3v) is 1.72. The van der Waals surface area contributed by atoms with Crippen molar-refractivity contribution in [2.24, 2.45) is 33.0 Å². The molecule has 0 bridgehead atoms. The van der Waals surface area contributed by atoms with Crippen LogP contribution in [-0.2, 0) is 4.79 Å². The number of hydrogen-bond acceptors (Lipinski definition) is 5. The minimum Gasteiger partial charge on any atom is -0.412 e. The number of carbonyl (C=O) groups excluding carboxylic acids is 1. The fourth-order valence-corrected chi connectivity index (χ4v) is 1.11. The van der Waals surface area contributed by atoms with E-state index in [1.807, 2.05) is 0 Å². The van der Waals surface area contributed by atoms with E-state index < -0.39 is 12.1 Å². The van der Waals surface area contributed by atoms with Crippen LogP contribution in [0.2, 0.25) is 0 Å². The summed E-state index contributed by atoms with van der Waals surface area (Å²) in [4.78, 5) is 18.4. The highest BCUT2D eigenvalue weighted by atomic mass is 35.5. The lowest BCUT2D eigenvalue weighted by Gasteiger charge is -2.25. The van der Waals surface area contributed by atoms with Crippen LogP contribution in [0, 0.1) is 0 Å². The highest BCUT2D eigenvalue weighted by Crippen LogP contribution is 2.12. The quantitative estimate of drug-likeness (QED) is 0.167. The van der Waals surface area contributed by atoms with E-state index in [-0.39, 0.29) is 40.2 Å². The van der Waals surface area contributed by atoms with E-state index in [2.05, 4.69) is 9.98 Å². The van der Waals surface area contributed by atoms with Crippen LogP contribution in [-0.4, -0.2) is 39.7 Å². The maximum absolute atomic E-state index is 11.4. The second-order valence-electron chi connectivity index (χ2n) is 2.68. The molecule has 10 nitrogen and oxygen atoms in total. The number of nitrogens with zero attached hydrogens (tertiary/aromatic N) is 3. The Morgan fingerprint density at radius 1 is 1.44 bits per heavy atom. The summed E-state index contributed by atoms with van der Waals surface area (Å²) in [7, 11) is 0. The lowest BCUT2D eigenvalue weighted by Crippen LogP contribution is -2.52. The Balaban J connectivity index is -0.000000750. The van der Waals surface area contributed by atoms with E-state index in [9.17, 15) is 4.79 Å². The molecule has 12 heteroatoms. The molecule has 0 aromatic rings. The molecule has 1 atom stereocenters. The van der Waals surface area contributed by atoms with Gasteiger partial charge in [0.15, 0.2) is 5.96 Å². The van der Waals surface area contributed by atoms with Gasteiger partial charge in [0.2, 0.25) is 0 Å². The monoisotopic (exact) mass is 303 g/mol. The van der Waals surface area contributed by atoms with Gasteiger partial charge in [-0.2, -0.15) is 4.99 Å². The van der Waals surface area contributed by atoms with Gasteiger partial charge in [-0.15, -0.1) is 12.4 Å². The van der Waals surface area contributed by atoms with Gasteiger partial charge in [-0.25, -0.2) is 10.8 Å². The van der Waals surface area contributed by atoms with Crippen molar-refractivity contribution in [2.75, 3.05) is 0 Å². The normalized spacial score (nSPS) is 17.1. The van der Waals surface area contributed by atoms with Gasteiger partial charge in [0, 0.05) is 0 Å². The molecular formula is C6H15Cl2N7O3. The smallest absolute Gasteiger partial charge is 0.298 e. The number of aliphatic imine (C=N–C) groups is 2. The Bertz CT molecular complexity index is 379. The summed E-state index contributed by atoms with van der Waals surface area (Å²) < 4.78 is 0. The molecule has 0 aromatic carbocycles. The first-order valence-corrected chi connectivity index (χ1v) is 4.18. The molecule has 106 valence electrons. The first-order chi connectivity index (χ1) is 6.91. The predicted molar refractivity (Wildman–Crippen MR) is 70.7 cm³/mol. The molecule has 0 aromatic heterocycles. The summed E-state index contributed by atoms with van der Waals surface area (Å²) in [6.07, 6.45) is 0.349. The van der Waals surface area contributed by atoms with Gasteiger partial charge in [-0.1, -0.05) is 11.6 Å². The van der Waals surface area contributed by atoms with Gasteiger partial charge in [-0.3, -0.25) is 9.80 Å². The van der Waals surface area contributed by atoms with Crippen LogP contribution in [0.15, 0.2) is 21.3 Å². The molecule has 1 aliphatic rings. The Kier molecular flexibility index (Phi) is 10.5. The average Bonchev–Trinajstić information content (AvgIpc) is 2.09. The van der Waals surface area contributed by atoms with Crippen molar-refractivity contribution in [3.05, 3.63) is 11.4 Å². The Morgan fingerprint density at radius 3 is 2.39 bits per heavy atom. The minimum absolute atomic E-state index is 0. The van der Waals surface area contributed by atoms with E-state index in [0.717, 1.165) is 5.01 Å². The fourth-order valence-electron chi connectivity index (χ4n) is 0.903. The third-order valence-electron chi connectivity index (χ3n) is 1.53. The Morgan fingerprint density at radius 2 is 1.94 bits per heavy atom. The lowest BCUT2D eigenvalue weighted by molar-refractivity contribution is -0.112. The van der Waals surface area contributed by atoms with Crippen molar-refractivity contribution >= 4 is 41.6 Å².